The quantitative estimate of drug-likeness (QED) is 0.634. The van der Waals surface area contributed by atoms with Gasteiger partial charge in [0, 0.05) is 28.6 Å². The lowest BCUT2D eigenvalue weighted by Gasteiger charge is -2.04. The number of hydrogen-bond donors (Lipinski definition) is 1. The first-order valence-electron chi connectivity index (χ1n) is 7.50. The van der Waals surface area contributed by atoms with E-state index in [1.54, 1.807) is 0 Å². The van der Waals surface area contributed by atoms with Gasteiger partial charge in [0.2, 0.25) is 5.91 Å². The number of rotatable bonds is 5. The molecule has 0 spiro atoms. The van der Waals surface area contributed by atoms with Gasteiger partial charge in [-0.1, -0.05) is 28.1 Å². The van der Waals surface area contributed by atoms with Gasteiger partial charge in [0.15, 0.2) is 0 Å². The lowest BCUT2D eigenvalue weighted by Crippen LogP contribution is -2.12. The molecule has 5 heteroatoms. The molecule has 24 heavy (non-hydrogen) atoms. The normalized spacial score (nSPS) is 10.6. The fraction of sp³-hybridized carbons (Fsp3) is 0.105. The van der Waals surface area contributed by atoms with E-state index in [4.69, 9.17) is 4.42 Å². The highest BCUT2D eigenvalue weighted by atomic mass is 79.9. The van der Waals surface area contributed by atoms with Crippen molar-refractivity contribution in [2.75, 3.05) is 5.32 Å². The Bertz CT molecular complexity index is 825. The van der Waals surface area contributed by atoms with Crippen molar-refractivity contribution in [2.45, 2.75) is 12.8 Å². The third-order valence-electron chi connectivity index (χ3n) is 3.52. The minimum atomic E-state index is -0.330. The minimum absolute atomic E-state index is 0.136. The molecule has 1 aromatic heterocycles. The molecular formula is C19H15BrFNO2. The maximum atomic E-state index is 12.8. The van der Waals surface area contributed by atoms with E-state index in [0.717, 1.165) is 21.6 Å². The molecular weight excluding hydrogens is 373 g/mol. The molecule has 0 aliphatic rings. The molecule has 122 valence electrons. The molecule has 3 aromatic rings. The van der Waals surface area contributed by atoms with E-state index < -0.39 is 0 Å². The van der Waals surface area contributed by atoms with Gasteiger partial charge in [0.25, 0.3) is 0 Å². The van der Waals surface area contributed by atoms with Crippen LogP contribution in [0.15, 0.2) is 69.6 Å². The van der Waals surface area contributed by atoms with Crippen LogP contribution in [-0.4, -0.2) is 5.91 Å². The summed E-state index contributed by atoms with van der Waals surface area (Å²) in [6.45, 7) is 0. The van der Waals surface area contributed by atoms with Crippen molar-refractivity contribution in [2.24, 2.45) is 0 Å². The lowest BCUT2D eigenvalue weighted by atomic mass is 10.2. The summed E-state index contributed by atoms with van der Waals surface area (Å²) in [5.41, 5.74) is 1.57. The number of halogens is 2. The Labute approximate surface area is 147 Å². The first-order chi connectivity index (χ1) is 11.6. The maximum absolute atomic E-state index is 12.8. The number of carbonyl (C=O) groups is 1. The lowest BCUT2D eigenvalue weighted by molar-refractivity contribution is -0.116. The number of aryl methyl sites for hydroxylation is 1. The van der Waals surface area contributed by atoms with Crippen LogP contribution in [0.4, 0.5) is 10.1 Å². The molecule has 0 radical (unpaired) electrons. The van der Waals surface area contributed by atoms with Gasteiger partial charge in [-0.2, -0.15) is 0 Å². The summed E-state index contributed by atoms with van der Waals surface area (Å²) in [7, 11) is 0. The van der Waals surface area contributed by atoms with Crippen molar-refractivity contribution in [3.05, 3.63) is 76.7 Å². The summed E-state index contributed by atoms with van der Waals surface area (Å²) in [4.78, 5) is 11.9. The average molecular weight is 388 g/mol. The first kappa shape index (κ1) is 16.5. The third kappa shape index (κ3) is 4.32. The molecule has 0 atom stereocenters. The van der Waals surface area contributed by atoms with E-state index >= 15 is 0 Å². The van der Waals surface area contributed by atoms with Crippen LogP contribution in [-0.2, 0) is 11.2 Å². The molecule has 0 aliphatic carbocycles. The summed E-state index contributed by atoms with van der Waals surface area (Å²) in [5, 5.41) is 2.73. The SMILES string of the molecule is O=C(CCc1ccc(-c2ccc(Br)cc2)o1)Nc1ccc(F)cc1. The molecule has 2 aromatic carbocycles. The number of hydrogen-bond acceptors (Lipinski definition) is 2. The predicted molar refractivity (Wildman–Crippen MR) is 95.2 cm³/mol. The van der Waals surface area contributed by atoms with Crippen LogP contribution in [0.25, 0.3) is 11.3 Å². The van der Waals surface area contributed by atoms with Crippen LogP contribution in [0.5, 0.6) is 0 Å². The van der Waals surface area contributed by atoms with Crippen molar-refractivity contribution in [1.82, 2.24) is 0 Å². The van der Waals surface area contributed by atoms with Crippen LogP contribution in [0.2, 0.25) is 0 Å². The van der Waals surface area contributed by atoms with E-state index in [0.29, 0.717) is 18.5 Å². The van der Waals surface area contributed by atoms with Crippen LogP contribution < -0.4 is 5.32 Å². The fourth-order valence-corrected chi connectivity index (χ4v) is 2.54. The zero-order valence-corrected chi connectivity index (χ0v) is 14.3. The summed E-state index contributed by atoms with van der Waals surface area (Å²) < 4.78 is 19.6. The second-order valence-electron chi connectivity index (χ2n) is 5.33. The maximum Gasteiger partial charge on any atom is 0.224 e. The van der Waals surface area contributed by atoms with Crippen LogP contribution in [0.1, 0.15) is 12.2 Å². The molecule has 1 N–H and O–H groups in total. The largest absolute Gasteiger partial charge is 0.461 e. The zero-order chi connectivity index (χ0) is 16.9. The van der Waals surface area contributed by atoms with Gasteiger partial charge in [-0.05, 0) is 48.5 Å². The van der Waals surface area contributed by atoms with Crippen molar-refractivity contribution >= 4 is 27.5 Å². The number of amides is 1. The topological polar surface area (TPSA) is 42.2 Å². The molecule has 0 fully saturated rings. The van der Waals surface area contributed by atoms with Gasteiger partial charge in [-0.15, -0.1) is 0 Å². The van der Waals surface area contributed by atoms with E-state index in [1.807, 2.05) is 36.4 Å². The number of nitrogens with one attached hydrogen (secondary N) is 1. The molecule has 0 saturated heterocycles. The fourth-order valence-electron chi connectivity index (χ4n) is 2.28. The number of benzene rings is 2. The Morgan fingerprint density at radius 1 is 1.00 bits per heavy atom. The molecule has 0 bridgehead atoms. The third-order valence-corrected chi connectivity index (χ3v) is 4.05. The molecule has 1 amide bonds. The predicted octanol–water partition coefficient (Wildman–Crippen LogP) is 5.42. The second kappa shape index (κ2) is 7.45. The van der Waals surface area contributed by atoms with Gasteiger partial charge in [-0.3, -0.25) is 4.79 Å². The first-order valence-corrected chi connectivity index (χ1v) is 8.29. The summed E-state index contributed by atoms with van der Waals surface area (Å²) in [5.74, 6) is 1.06. The van der Waals surface area contributed by atoms with Gasteiger partial charge in [0.1, 0.15) is 17.3 Å². The van der Waals surface area contributed by atoms with E-state index in [1.165, 1.54) is 24.3 Å². The van der Waals surface area contributed by atoms with E-state index in [-0.39, 0.29) is 11.7 Å². The Morgan fingerprint density at radius 3 is 2.42 bits per heavy atom. The van der Waals surface area contributed by atoms with E-state index in [9.17, 15) is 9.18 Å². The Kier molecular flexibility index (Phi) is 5.11. The summed E-state index contributed by atoms with van der Waals surface area (Å²) in [6, 6.07) is 17.3. The summed E-state index contributed by atoms with van der Waals surface area (Å²) >= 11 is 3.40. The number of carbonyl (C=O) groups excluding carboxylic acids is 1. The molecule has 0 saturated carbocycles. The molecule has 0 unspecified atom stereocenters. The van der Waals surface area contributed by atoms with Crippen molar-refractivity contribution in [3.8, 4) is 11.3 Å². The van der Waals surface area contributed by atoms with Crippen LogP contribution in [0.3, 0.4) is 0 Å². The van der Waals surface area contributed by atoms with Gasteiger partial charge in [0.05, 0.1) is 0 Å². The van der Waals surface area contributed by atoms with Crippen LogP contribution in [0, 0.1) is 5.82 Å². The number of anilines is 1. The van der Waals surface area contributed by atoms with Gasteiger partial charge in [-0.25, -0.2) is 4.39 Å². The number of furan rings is 1. The standard InChI is InChI=1S/C19H15BrFNO2/c20-14-3-1-13(2-4-14)18-11-9-17(24-18)10-12-19(23)22-16-7-5-15(21)6-8-16/h1-9,11H,10,12H2,(H,22,23). The Morgan fingerprint density at radius 2 is 1.71 bits per heavy atom. The van der Waals surface area contributed by atoms with Crippen LogP contribution >= 0.6 is 15.9 Å². The van der Waals surface area contributed by atoms with Gasteiger partial charge >= 0.3 is 0 Å². The van der Waals surface area contributed by atoms with E-state index in [2.05, 4.69) is 21.2 Å². The zero-order valence-electron chi connectivity index (χ0n) is 12.8. The van der Waals surface area contributed by atoms with Crippen molar-refractivity contribution in [1.29, 1.82) is 0 Å². The highest BCUT2D eigenvalue weighted by Gasteiger charge is 2.08. The molecule has 3 nitrogen and oxygen atoms in total. The van der Waals surface area contributed by atoms with Gasteiger partial charge < -0.3 is 9.73 Å². The smallest absolute Gasteiger partial charge is 0.224 e. The highest BCUT2D eigenvalue weighted by Crippen LogP contribution is 2.24. The van der Waals surface area contributed by atoms with Crippen molar-refractivity contribution in [3.63, 3.8) is 0 Å². The minimum Gasteiger partial charge on any atom is -0.461 e. The monoisotopic (exact) mass is 387 g/mol. The summed E-state index contributed by atoms with van der Waals surface area (Å²) in [6.07, 6.45) is 0.800. The molecule has 1 heterocycles. The van der Waals surface area contributed by atoms with Crippen molar-refractivity contribution < 1.29 is 13.6 Å². The highest BCUT2D eigenvalue weighted by molar-refractivity contribution is 9.10. The Hall–Kier alpha value is -2.40. The second-order valence-corrected chi connectivity index (χ2v) is 6.24. The molecule has 3 rings (SSSR count). The average Bonchev–Trinajstić information content (AvgIpc) is 3.05. The Balaban J connectivity index is 1.56. The molecule has 0 aliphatic heterocycles.